The Bertz CT molecular complexity index is 238. The zero-order valence-corrected chi connectivity index (χ0v) is 9.17. The predicted octanol–water partition coefficient (Wildman–Crippen LogP) is 1.58. The minimum atomic E-state index is 0.578. The number of rotatable bonds is 5. The SMILES string of the molecule is CNCCOCc1ccc(Br)cn1. The van der Waals surface area contributed by atoms with Gasteiger partial charge in [0.25, 0.3) is 0 Å². The zero-order chi connectivity index (χ0) is 9.52. The molecule has 72 valence electrons. The van der Waals surface area contributed by atoms with Crippen molar-refractivity contribution in [3.8, 4) is 0 Å². The van der Waals surface area contributed by atoms with Crippen molar-refractivity contribution in [2.24, 2.45) is 0 Å². The van der Waals surface area contributed by atoms with Crippen molar-refractivity contribution in [3.63, 3.8) is 0 Å². The lowest BCUT2D eigenvalue weighted by Gasteiger charge is -2.02. The Morgan fingerprint density at radius 3 is 3.00 bits per heavy atom. The highest BCUT2D eigenvalue weighted by atomic mass is 79.9. The Hall–Kier alpha value is -0.450. The van der Waals surface area contributed by atoms with Gasteiger partial charge in [-0.3, -0.25) is 4.98 Å². The molecule has 1 rings (SSSR count). The molecule has 0 amide bonds. The zero-order valence-electron chi connectivity index (χ0n) is 7.59. The van der Waals surface area contributed by atoms with E-state index in [1.807, 2.05) is 19.2 Å². The molecule has 0 saturated heterocycles. The average molecular weight is 245 g/mol. The Labute approximate surface area is 86.6 Å². The van der Waals surface area contributed by atoms with Gasteiger partial charge in [-0.05, 0) is 35.1 Å². The first-order valence-electron chi connectivity index (χ1n) is 4.15. The van der Waals surface area contributed by atoms with E-state index < -0.39 is 0 Å². The van der Waals surface area contributed by atoms with E-state index in [0.717, 1.165) is 16.7 Å². The van der Waals surface area contributed by atoms with Gasteiger partial charge < -0.3 is 10.1 Å². The number of hydrogen-bond donors (Lipinski definition) is 1. The van der Waals surface area contributed by atoms with Crippen molar-refractivity contribution >= 4 is 15.9 Å². The second-order valence-electron chi connectivity index (χ2n) is 2.62. The Kier molecular flexibility index (Phi) is 4.97. The van der Waals surface area contributed by atoms with Crippen LogP contribution in [-0.2, 0) is 11.3 Å². The smallest absolute Gasteiger partial charge is 0.0888 e. The highest BCUT2D eigenvalue weighted by Crippen LogP contribution is 2.07. The van der Waals surface area contributed by atoms with Crippen LogP contribution >= 0.6 is 15.9 Å². The lowest BCUT2D eigenvalue weighted by Crippen LogP contribution is -2.14. The molecular weight excluding hydrogens is 232 g/mol. The van der Waals surface area contributed by atoms with Crippen molar-refractivity contribution in [1.29, 1.82) is 0 Å². The molecule has 1 heterocycles. The Morgan fingerprint density at radius 1 is 1.54 bits per heavy atom. The third-order valence-electron chi connectivity index (χ3n) is 1.53. The molecule has 1 N–H and O–H groups in total. The van der Waals surface area contributed by atoms with Gasteiger partial charge in [0.05, 0.1) is 18.9 Å². The van der Waals surface area contributed by atoms with Gasteiger partial charge in [0.15, 0.2) is 0 Å². The van der Waals surface area contributed by atoms with Crippen LogP contribution in [0.15, 0.2) is 22.8 Å². The molecule has 0 aromatic carbocycles. The fraction of sp³-hybridized carbons (Fsp3) is 0.444. The van der Waals surface area contributed by atoms with E-state index in [-0.39, 0.29) is 0 Å². The Morgan fingerprint density at radius 2 is 2.38 bits per heavy atom. The fourth-order valence-electron chi connectivity index (χ4n) is 0.843. The average Bonchev–Trinajstić information content (AvgIpc) is 2.15. The summed E-state index contributed by atoms with van der Waals surface area (Å²) in [5.41, 5.74) is 0.958. The Balaban J connectivity index is 2.25. The van der Waals surface area contributed by atoms with Gasteiger partial charge in [-0.25, -0.2) is 0 Å². The van der Waals surface area contributed by atoms with Crippen LogP contribution in [0.4, 0.5) is 0 Å². The van der Waals surface area contributed by atoms with Crippen LogP contribution in [-0.4, -0.2) is 25.2 Å². The van der Waals surface area contributed by atoms with Crippen molar-refractivity contribution in [1.82, 2.24) is 10.3 Å². The van der Waals surface area contributed by atoms with Crippen LogP contribution < -0.4 is 5.32 Å². The third kappa shape index (κ3) is 4.36. The first kappa shape index (κ1) is 10.6. The molecule has 0 bridgehead atoms. The summed E-state index contributed by atoms with van der Waals surface area (Å²) in [7, 11) is 1.90. The van der Waals surface area contributed by atoms with Gasteiger partial charge in [-0.1, -0.05) is 0 Å². The number of nitrogens with one attached hydrogen (secondary N) is 1. The van der Waals surface area contributed by atoms with Crippen LogP contribution in [0.5, 0.6) is 0 Å². The second kappa shape index (κ2) is 6.07. The maximum Gasteiger partial charge on any atom is 0.0888 e. The lowest BCUT2D eigenvalue weighted by atomic mass is 10.4. The van der Waals surface area contributed by atoms with Crippen LogP contribution in [0.3, 0.4) is 0 Å². The van der Waals surface area contributed by atoms with Crippen LogP contribution in [0.1, 0.15) is 5.69 Å². The summed E-state index contributed by atoms with van der Waals surface area (Å²) in [5.74, 6) is 0. The van der Waals surface area contributed by atoms with E-state index in [9.17, 15) is 0 Å². The molecule has 0 fully saturated rings. The van der Waals surface area contributed by atoms with Gasteiger partial charge in [0.1, 0.15) is 0 Å². The lowest BCUT2D eigenvalue weighted by molar-refractivity contribution is 0.121. The second-order valence-corrected chi connectivity index (χ2v) is 3.54. The van der Waals surface area contributed by atoms with Crippen molar-refractivity contribution in [2.45, 2.75) is 6.61 Å². The first-order valence-corrected chi connectivity index (χ1v) is 4.95. The van der Waals surface area contributed by atoms with Gasteiger partial charge in [0.2, 0.25) is 0 Å². The van der Waals surface area contributed by atoms with E-state index in [1.54, 1.807) is 6.20 Å². The molecule has 0 atom stereocenters. The van der Waals surface area contributed by atoms with Gasteiger partial charge >= 0.3 is 0 Å². The normalized spacial score (nSPS) is 10.3. The fourth-order valence-corrected chi connectivity index (χ4v) is 1.08. The van der Waals surface area contributed by atoms with Crippen molar-refractivity contribution in [3.05, 3.63) is 28.5 Å². The summed E-state index contributed by atoms with van der Waals surface area (Å²) < 4.78 is 6.35. The largest absolute Gasteiger partial charge is 0.374 e. The molecule has 0 aliphatic carbocycles. The summed E-state index contributed by atoms with van der Waals surface area (Å²) in [5, 5.41) is 3.01. The summed E-state index contributed by atoms with van der Waals surface area (Å²) in [6.07, 6.45) is 1.77. The summed E-state index contributed by atoms with van der Waals surface area (Å²) in [6.45, 7) is 2.17. The minimum Gasteiger partial charge on any atom is -0.374 e. The van der Waals surface area contributed by atoms with E-state index in [0.29, 0.717) is 13.2 Å². The first-order chi connectivity index (χ1) is 6.33. The molecule has 0 spiro atoms. The van der Waals surface area contributed by atoms with E-state index in [2.05, 4.69) is 26.2 Å². The quantitative estimate of drug-likeness (QED) is 0.800. The number of ether oxygens (including phenoxy) is 1. The third-order valence-corrected chi connectivity index (χ3v) is 2.00. The molecule has 13 heavy (non-hydrogen) atoms. The van der Waals surface area contributed by atoms with Gasteiger partial charge in [0, 0.05) is 17.2 Å². The van der Waals surface area contributed by atoms with Crippen molar-refractivity contribution in [2.75, 3.05) is 20.2 Å². The van der Waals surface area contributed by atoms with E-state index >= 15 is 0 Å². The number of aromatic nitrogens is 1. The standard InChI is InChI=1S/C9H13BrN2O/c1-11-4-5-13-7-9-3-2-8(10)6-12-9/h2-3,6,11H,4-5,7H2,1H3. The summed E-state index contributed by atoms with van der Waals surface area (Å²) in [6, 6.07) is 3.91. The topological polar surface area (TPSA) is 34.1 Å². The van der Waals surface area contributed by atoms with Crippen LogP contribution in [0.25, 0.3) is 0 Å². The van der Waals surface area contributed by atoms with E-state index in [4.69, 9.17) is 4.74 Å². The number of halogens is 1. The van der Waals surface area contributed by atoms with Gasteiger partial charge in [-0.2, -0.15) is 0 Å². The highest BCUT2D eigenvalue weighted by molar-refractivity contribution is 9.10. The molecule has 3 nitrogen and oxygen atoms in total. The molecule has 4 heteroatoms. The molecule has 0 unspecified atom stereocenters. The number of likely N-dealkylation sites (N-methyl/N-ethyl adjacent to an activating group) is 1. The maximum atomic E-state index is 5.36. The molecule has 1 aromatic heterocycles. The molecule has 1 aromatic rings. The molecule has 0 saturated carbocycles. The monoisotopic (exact) mass is 244 g/mol. The maximum absolute atomic E-state index is 5.36. The number of pyridine rings is 1. The molecular formula is C9H13BrN2O. The predicted molar refractivity (Wildman–Crippen MR) is 55.5 cm³/mol. The number of hydrogen-bond acceptors (Lipinski definition) is 3. The molecule has 0 radical (unpaired) electrons. The minimum absolute atomic E-state index is 0.578. The van der Waals surface area contributed by atoms with Crippen LogP contribution in [0.2, 0.25) is 0 Å². The van der Waals surface area contributed by atoms with Crippen molar-refractivity contribution < 1.29 is 4.74 Å². The van der Waals surface area contributed by atoms with Gasteiger partial charge in [-0.15, -0.1) is 0 Å². The molecule has 0 aliphatic heterocycles. The summed E-state index contributed by atoms with van der Waals surface area (Å²) in [4.78, 5) is 4.18. The molecule has 0 aliphatic rings. The summed E-state index contributed by atoms with van der Waals surface area (Å²) >= 11 is 3.33. The van der Waals surface area contributed by atoms with E-state index in [1.165, 1.54) is 0 Å². The van der Waals surface area contributed by atoms with Crippen LogP contribution in [0, 0.1) is 0 Å². The number of nitrogens with zero attached hydrogens (tertiary/aromatic N) is 1. The highest BCUT2D eigenvalue weighted by Gasteiger charge is 1.93.